The van der Waals surface area contributed by atoms with Crippen molar-refractivity contribution >= 4 is 11.7 Å². The van der Waals surface area contributed by atoms with Gasteiger partial charge in [-0.25, -0.2) is 4.79 Å². The minimum absolute atomic E-state index is 0.0490. The summed E-state index contributed by atoms with van der Waals surface area (Å²) in [5.41, 5.74) is -1.46. The fraction of sp³-hybridized carbons (Fsp3) is 0.538. The maximum absolute atomic E-state index is 12.0. The van der Waals surface area contributed by atoms with Gasteiger partial charge < -0.3 is 10.6 Å². The Bertz CT molecular complexity index is 708. The number of carbonyl (C=O) groups excluding carboxylic acids is 1. The zero-order valence-corrected chi connectivity index (χ0v) is 12.7. The van der Waals surface area contributed by atoms with E-state index < -0.39 is 17.3 Å². The predicted molar refractivity (Wildman–Crippen MR) is 78.0 cm³/mol. The van der Waals surface area contributed by atoms with Crippen molar-refractivity contribution in [2.45, 2.75) is 19.9 Å². The third kappa shape index (κ3) is 2.97. The van der Waals surface area contributed by atoms with Gasteiger partial charge in [0.05, 0.1) is 0 Å². The van der Waals surface area contributed by atoms with Crippen LogP contribution in [0.3, 0.4) is 0 Å². The molecule has 1 atom stereocenters. The van der Waals surface area contributed by atoms with Crippen LogP contribution in [0.2, 0.25) is 0 Å². The van der Waals surface area contributed by atoms with Crippen molar-refractivity contribution in [3.63, 3.8) is 0 Å². The van der Waals surface area contributed by atoms with Gasteiger partial charge in [-0.3, -0.25) is 18.7 Å². The Morgan fingerprint density at radius 3 is 2.24 bits per heavy atom. The molecule has 8 nitrogen and oxygen atoms in total. The molecule has 1 aromatic heterocycles. The molecule has 21 heavy (non-hydrogen) atoms. The molecule has 0 saturated carbocycles. The van der Waals surface area contributed by atoms with Crippen LogP contribution in [0.15, 0.2) is 9.59 Å². The highest BCUT2D eigenvalue weighted by Gasteiger charge is 2.25. The molecule has 1 aromatic rings. The van der Waals surface area contributed by atoms with E-state index in [1.165, 1.54) is 21.1 Å². The summed E-state index contributed by atoms with van der Waals surface area (Å²) >= 11 is 0. The van der Waals surface area contributed by atoms with E-state index in [-0.39, 0.29) is 23.2 Å². The third-order valence-electron chi connectivity index (χ3n) is 3.26. The Morgan fingerprint density at radius 1 is 1.24 bits per heavy atom. The summed E-state index contributed by atoms with van der Waals surface area (Å²) in [6.45, 7) is 3.64. The Labute approximate surface area is 122 Å². The van der Waals surface area contributed by atoms with Gasteiger partial charge in [-0.2, -0.15) is 5.26 Å². The first-order valence-electron chi connectivity index (χ1n) is 6.44. The van der Waals surface area contributed by atoms with E-state index in [9.17, 15) is 14.4 Å². The first kappa shape index (κ1) is 16.5. The summed E-state index contributed by atoms with van der Waals surface area (Å²) in [5, 5.41) is 14.5. The summed E-state index contributed by atoms with van der Waals surface area (Å²) in [5.74, 6) is -0.342. The molecular formula is C13H19N5O3. The molecule has 0 radical (unpaired) electrons. The lowest BCUT2D eigenvalue weighted by Crippen LogP contribution is -2.45. The average molecular weight is 293 g/mol. The van der Waals surface area contributed by atoms with Gasteiger partial charge in [-0.15, -0.1) is 0 Å². The monoisotopic (exact) mass is 293 g/mol. The number of amides is 1. The van der Waals surface area contributed by atoms with E-state index in [1.54, 1.807) is 6.07 Å². The number of anilines is 1. The summed E-state index contributed by atoms with van der Waals surface area (Å²) in [4.78, 5) is 35.8. The fourth-order valence-electron chi connectivity index (χ4n) is 1.95. The number of hydrogen-bond acceptors (Lipinski definition) is 5. The minimum atomic E-state index is -0.692. The largest absolute Gasteiger partial charge is 0.358 e. The lowest BCUT2D eigenvalue weighted by atomic mass is 10.0. The topological polar surface area (TPSA) is 109 Å². The molecule has 0 aliphatic rings. The zero-order valence-electron chi connectivity index (χ0n) is 12.7. The number of nitrogens with zero attached hydrogens (tertiary/aromatic N) is 3. The number of aromatic nitrogens is 2. The maximum Gasteiger partial charge on any atom is 0.332 e. The molecule has 1 unspecified atom stereocenters. The third-order valence-corrected chi connectivity index (χ3v) is 3.26. The van der Waals surface area contributed by atoms with Crippen LogP contribution in [0, 0.1) is 17.2 Å². The second kappa shape index (κ2) is 6.26. The molecular weight excluding hydrogens is 274 g/mol. The summed E-state index contributed by atoms with van der Waals surface area (Å²) in [6, 6.07) is 1.12. The van der Waals surface area contributed by atoms with E-state index in [2.05, 4.69) is 10.6 Å². The molecule has 1 rings (SSSR count). The molecule has 0 aromatic carbocycles. The molecule has 8 heteroatoms. The van der Waals surface area contributed by atoms with Crippen molar-refractivity contribution in [2.75, 3.05) is 12.4 Å². The highest BCUT2D eigenvalue weighted by molar-refractivity contribution is 5.84. The van der Waals surface area contributed by atoms with Crippen molar-refractivity contribution in [2.24, 2.45) is 20.0 Å². The Hall–Kier alpha value is -2.56. The number of nitriles is 1. The SMILES string of the molecule is CNC(=O)C(Nc1c(C#N)c(=O)n(C)c(=O)n1C)C(C)C. The normalized spacial score (nSPS) is 11.9. The second-order valence-electron chi connectivity index (χ2n) is 5.02. The van der Waals surface area contributed by atoms with Gasteiger partial charge in [-0.1, -0.05) is 13.8 Å². The smallest absolute Gasteiger partial charge is 0.332 e. The fourth-order valence-corrected chi connectivity index (χ4v) is 1.95. The van der Waals surface area contributed by atoms with Crippen LogP contribution in [-0.2, 0) is 18.9 Å². The first-order chi connectivity index (χ1) is 9.76. The molecule has 0 bridgehead atoms. The molecule has 1 amide bonds. The van der Waals surface area contributed by atoms with Gasteiger partial charge in [0.1, 0.15) is 17.9 Å². The van der Waals surface area contributed by atoms with Gasteiger partial charge in [0.15, 0.2) is 5.56 Å². The second-order valence-corrected chi connectivity index (χ2v) is 5.02. The van der Waals surface area contributed by atoms with Gasteiger partial charge >= 0.3 is 5.69 Å². The van der Waals surface area contributed by atoms with Crippen LogP contribution in [0.4, 0.5) is 5.82 Å². The highest BCUT2D eigenvalue weighted by Crippen LogP contribution is 2.13. The predicted octanol–water partition coefficient (Wildman–Crippen LogP) is -0.862. The van der Waals surface area contributed by atoms with E-state index in [0.717, 1.165) is 9.13 Å². The van der Waals surface area contributed by atoms with Crippen LogP contribution >= 0.6 is 0 Å². The molecule has 1 heterocycles. The quantitative estimate of drug-likeness (QED) is 0.750. The molecule has 114 valence electrons. The molecule has 0 aliphatic carbocycles. The summed E-state index contributed by atoms with van der Waals surface area (Å²) in [6.07, 6.45) is 0. The van der Waals surface area contributed by atoms with Crippen molar-refractivity contribution < 1.29 is 4.79 Å². The van der Waals surface area contributed by atoms with Crippen LogP contribution in [-0.4, -0.2) is 28.1 Å². The van der Waals surface area contributed by atoms with E-state index in [0.29, 0.717) is 0 Å². The lowest BCUT2D eigenvalue weighted by molar-refractivity contribution is -0.122. The van der Waals surface area contributed by atoms with Crippen LogP contribution < -0.4 is 21.9 Å². The number of carbonyl (C=O) groups is 1. The van der Waals surface area contributed by atoms with Crippen molar-refractivity contribution in [3.8, 4) is 6.07 Å². The number of nitrogens with one attached hydrogen (secondary N) is 2. The lowest BCUT2D eigenvalue weighted by Gasteiger charge is -2.23. The van der Waals surface area contributed by atoms with Crippen molar-refractivity contribution in [3.05, 3.63) is 26.4 Å². The Kier molecular flexibility index (Phi) is 4.92. The zero-order chi connectivity index (χ0) is 16.3. The Morgan fingerprint density at radius 2 is 1.81 bits per heavy atom. The number of hydrogen-bond donors (Lipinski definition) is 2. The number of rotatable bonds is 4. The Balaban J connectivity index is 3.51. The molecule has 2 N–H and O–H groups in total. The van der Waals surface area contributed by atoms with Gasteiger partial charge in [-0.05, 0) is 5.92 Å². The van der Waals surface area contributed by atoms with Gasteiger partial charge in [0.2, 0.25) is 5.91 Å². The first-order valence-corrected chi connectivity index (χ1v) is 6.44. The van der Waals surface area contributed by atoms with Crippen LogP contribution in [0.5, 0.6) is 0 Å². The van der Waals surface area contributed by atoms with Crippen molar-refractivity contribution in [1.29, 1.82) is 5.26 Å². The van der Waals surface area contributed by atoms with E-state index in [1.807, 2.05) is 13.8 Å². The summed E-state index contributed by atoms with van der Waals surface area (Å²) < 4.78 is 2.01. The van der Waals surface area contributed by atoms with Gasteiger partial charge in [0.25, 0.3) is 5.56 Å². The van der Waals surface area contributed by atoms with Gasteiger partial charge in [0, 0.05) is 21.1 Å². The minimum Gasteiger partial charge on any atom is -0.358 e. The van der Waals surface area contributed by atoms with Crippen LogP contribution in [0.1, 0.15) is 19.4 Å². The number of likely N-dealkylation sites (N-methyl/N-ethyl adjacent to an activating group) is 1. The molecule has 0 spiro atoms. The maximum atomic E-state index is 12.0. The summed E-state index contributed by atoms with van der Waals surface area (Å²) in [7, 11) is 4.23. The average Bonchev–Trinajstić information content (AvgIpc) is 2.46. The molecule has 0 fully saturated rings. The molecule has 0 saturated heterocycles. The standard InChI is InChI=1S/C13H19N5O3/c1-7(2)9(11(19)15-3)16-10-8(6-14)12(20)18(5)13(21)17(10)4/h7,9,16H,1-5H3,(H,15,19). The van der Waals surface area contributed by atoms with Crippen LogP contribution in [0.25, 0.3) is 0 Å². The van der Waals surface area contributed by atoms with E-state index in [4.69, 9.17) is 5.26 Å². The van der Waals surface area contributed by atoms with E-state index >= 15 is 0 Å². The highest BCUT2D eigenvalue weighted by atomic mass is 16.2. The van der Waals surface area contributed by atoms with Crippen molar-refractivity contribution in [1.82, 2.24) is 14.5 Å². The molecule has 0 aliphatic heterocycles.